The van der Waals surface area contributed by atoms with Crippen molar-refractivity contribution in [1.29, 1.82) is 0 Å². The zero-order chi connectivity index (χ0) is 11.3. The molecule has 1 heterocycles. The van der Waals surface area contributed by atoms with Gasteiger partial charge < -0.3 is 4.74 Å². The van der Waals surface area contributed by atoms with Crippen LogP contribution in [0.1, 0.15) is 31.7 Å². The second-order valence-corrected chi connectivity index (χ2v) is 4.13. The first-order chi connectivity index (χ1) is 7.13. The van der Waals surface area contributed by atoms with Gasteiger partial charge in [-0.1, -0.05) is 6.92 Å². The predicted molar refractivity (Wildman–Crippen MR) is 61.6 cm³/mol. The standard InChI is InChI=1S/C11H14BrNO2/c1-3-15-11(14)6-8(2)9-4-5-13-10(12)7-9/h4-5,7-8H,3,6H2,1-2H3/t8-/m1/s1. The van der Waals surface area contributed by atoms with Gasteiger partial charge in [-0.3, -0.25) is 4.79 Å². The van der Waals surface area contributed by atoms with Gasteiger partial charge in [0.25, 0.3) is 0 Å². The van der Waals surface area contributed by atoms with Crippen molar-refractivity contribution in [3.63, 3.8) is 0 Å². The third-order valence-electron chi connectivity index (χ3n) is 2.10. The third kappa shape index (κ3) is 4.00. The van der Waals surface area contributed by atoms with Crippen LogP contribution in [0.15, 0.2) is 22.9 Å². The minimum atomic E-state index is -0.155. The number of ether oxygens (including phenoxy) is 1. The SMILES string of the molecule is CCOC(=O)C[C@@H](C)c1ccnc(Br)c1. The van der Waals surface area contributed by atoms with Gasteiger partial charge in [0.15, 0.2) is 0 Å². The topological polar surface area (TPSA) is 39.2 Å². The molecular weight excluding hydrogens is 258 g/mol. The lowest BCUT2D eigenvalue weighted by Crippen LogP contribution is -2.08. The van der Waals surface area contributed by atoms with Crippen molar-refractivity contribution in [3.8, 4) is 0 Å². The number of pyridine rings is 1. The Morgan fingerprint density at radius 1 is 1.67 bits per heavy atom. The summed E-state index contributed by atoms with van der Waals surface area (Å²) < 4.78 is 5.69. The molecule has 1 rings (SSSR count). The number of aromatic nitrogens is 1. The van der Waals surface area contributed by atoms with Crippen LogP contribution in [0.25, 0.3) is 0 Å². The Morgan fingerprint density at radius 2 is 2.40 bits per heavy atom. The van der Waals surface area contributed by atoms with E-state index in [1.54, 1.807) is 6.20 Å². The summed E-state index contributed by atoms with van der Waals surface area (Å²) in [6, 6.07) is 3.83. The molecule has 0 saturated heterocycles. The predicted octanol–water partition coefficient (Wildman–Crippen LogP) is 2.90. The highest BCUT2D eigenvalue weighted by atomic mass is 79.9. The smallest absolute Gasteiger partial charge is 0.306 e. The van der Waals surface area contributed by atoms with Crippen LogP contribution in [0, 0.1) is 0 Å². The molecule has 0 amide bonds. The van der Waals surface area contributed by atoms with Crippen molar-refractivity contribution < 1.29 is 9.53 Å². The van der Waals surface area contributed by atoms with Crippen LogP contribution in [-0.2, 0) is 9.53 Å². The Kier molecular flexibility index (Phi) is 4.75. The maximum atomic E-state index is 11.3. The minimum Gasteiger partial charge on any atom is -0.466 e. The summed E-state index contributed by atoms with van der Waals surface area (Å²) >= 11 is 3.30. The van der Waals surface area contributed by atoms with E-state index in [2.05, 4.69) is 20.9 Å². The molecule has 0 unspecified atom stereocenters. The van der Waals surface area contributed by atoms with Gasteiger partial charge in [-0.25, -0.2) is 4.98 Å². The molecule has 1 atom stereocenters. The number of esters is 1. The monoisotopic (exact) mass is 271 g/mol. The van der Waals surface area contributed by atoms with Gasteiger partial charge in [0, 0.05) is 6.20 Å². The van der Waals surface area contributed by atoms with Crippen LogP contribution in [0.5, 0.6) is 0 Å². The first kappa shape index (κ1) is 12.2. The lowest BCUT2D eigenvalue weighted by Gasteiger charge is -2.10. The number of hydrogen-bond donors (Lipinski definition) is 0. The highest BCUT2D eigenvalue weighted by molar-refractivity contribution is 9.10. The molecule has 0 N–H and O–H groups in total. The fourth-order valence-corrected chi connectivity index (χ4v) is 1.69. The molecule has 0 bridgehead atoms. The number of nitrogens with zero attached hydrogens (tertiary/aromatic N) is 1. The third-order valence-corrected chi connectivity index (χ3v) is 2.53. The van der Waals surface area contributed by atoms with Crippen molar-refractivity contribution in [2.75, 3.05) is 6.61 Å². The quantitative estimate of drug-likeness (QED) is 0.625. The van der Waals surface area contributed by atoms with E-state index in [4.69, 9.17) is 4.74 Å². The van der Waals surface area contributed by atoms with E-state index >= 15 is 0 Å². The van der Waals surface area contributed by atoms with Crippen LogP contribution < -0.4 is 0 Å². The lowest BCUT2D eigenvalue weighted by atomic mass is 9.99. The largest absolute Gasteiger partial charge is 0.466 e. The second-order valence-electron chi connectivity index (χ2n) is 3.32. The minimum absolute atomic E-state index is 0.155. The summed E-state index contributed by atoms with van der Waals surface area (Å²) in [4.78, 5) is 15.3. The normalized spacial score (nSPS) is 12.2. The first-order valence-corrected chi connectivity index (χ1v) is 5.70. The van der Waals surface area contributed by atoms with Crippen LogP contribution in [-0.4, -0.2) is 17.6 Å². The molecule has 0 aliphatic heterocycles. The van der Waals surface area contributed by atoms with Crippen LogP contribution in [0.3, 0.4) is 0 Å². The molecule has 15 heavy (non-hydrogen) atoms. The summed E-state index contributed by atoms with van der Waals surface area (Å²) in [5.41, 5.74) is 1.09. The molecule has 0 spiro atoms. The summed E-state index contributed by atoms with van der Waals surface area (Å²) in [7, 11) is 0. The molecule has 0 fully saturated rings. The molecule has 1 aromatic heterocycles. The van der Waals surface area contributed by atoms with Gasteiger partial charge in [0.1, 0.15) is 4.60 Å². The van der Waals surface area contributed by atoms with E-state index in [1.807, 2.05) is 26.0 Å². The Balaban J connectivity index is 2.60. The van der Waals surface area contributed by atoms with Gasteiger partial charge in [0.2, 0.25) is 0 Å². The summed E-state index contributed by atoms with van der Waals surface area (Å²) in [5, 5.41) is 0. The van der Waals surface area contributed by atoms with E-state index in [-0.39, 0.29) is 11.9 Å². The van der Waals surface area contributed by atoms with Gasteiger partial charge in [-0.05, 0) is 46.5 Å². The van der Waals surface area contributed by atoms with Gasteiger partial charge in [-0.2, -0.15) is 0 Å². The van der Waals surface area contributed by atoms with E-state index in [1.165, 1.54) is 0 Å². The highest BCUT2D eigenvalue weighted by Gasteiger charge is 2.12. The van der Waals surface area contributed by atoms with E-state index in [0.29, 0.717) is 13.0 Å². The average Bonchev–Trinajstić information content (AvgIpc) is 2.18. The number of rotatable bonds is 4. The molecule has 0 saturated carbocycles. The Labute approximate surface area is 98.0 Å². The fraction of sp³-hybridized carbons (Fsp3) is 0.455. The molecule has 0 aliphatic carbocycles. The molecule has 82 valence electrons. The molecular formula is C11H14BrNO2. The molecule has 1 aromatic rings. The summed E-state index contributed by atoms with van der Waals surface area (Å²) in [5.74, 6) is 0.00119. The second kappa shape index (κ2) is 5.85. The summed E-state index contributed by atoms with van der Waals surface area (Å²) in [6.07, 6.45) is 2.13. The van der Waals surface area contributed by atoms with Crippen LogP contribution in [0.2, 0.25) is 0 Å². The first-order valence-electron chi connectivity index (χ1n) is 4.90. The maximum Gasteiger partial charge on any atom is 0.306 e. The van der Waals surface area contributed by atoms with Crippen molar-refractivity contribution in [2.45, 2.75) is 26.2 Å². The van der Waals surface area contributed by atoms with Crippen molar-refractivity contribution in [3.05, 3.63) is 28.5 Å². The fourth-order valence-electron chi connectivity index (χ4n) is 1.31. The highest BCUT2D eigenvalue weighted by Crippen LogP contribution is 2.21. The van der Waals surface area contributed by atoms with Crippen LogP contribution in [0.4, 0.5) is 0 Å². The van der Waals surface area contributed by atoms with Crippen molar-refractivity contribution in [2.24, 2.45) is 0 Å². The molecule has 0 radical (unpaired) electrons. The molecule has 0 aliphatic rings. The van der Waals surface area contributed by atoms with Crippen LogP contribution >= 0.6 is 15.9 Å². The molecule has 3 nitrogen and oxygen atoms in total. The molecule has 0 aromatic carbocycles. The van der Waals surface area contributed by atoms with E-state index in [9.17, 15) is 4.79 Å². The van der Waals surface area contributed by atoms with Crippen molar-refractivity contribution in [1.82, 2.24) is 4.98 Å². The zero-order valence-corrected chi connectivity index (χ0v) is 10.5. The van der Waals surface area contributed by atoms with E-state index < -0.39 is 0 Å². The summed E-state index contributed by atoms with van der Waals surface area (Å²) in [6.45, 7) is 4.25. The van der Waals surface area contributed by atoms with Gasteiger partial charge >= 0.3 is 5.97 Å². The van der Waals surface area contributed by atoms with Gasteiger partial charge in [0.05, 0.1) is 13.0 Å². The molecule has 4 heteroatoms. The Morgan fingerprint density at radius 3 is 3.00 bits per heavy atom. The lowest BCUT2D eigenvalue weighted by molar-refractivity contribution is -0.143. The Hall–Kier alpha value is -0.900. The Bertz CT molecular complexity index is 341. The maximum absolute atomic E-state index is 11.3. The average molecular weight is 272 g/mol. The van der Waals surface area contributed by atoms with E-state index in [0.717, 1.165) is 10.2 Å². The number of carbonyl (C=O) groups is 1. The van der Waals surface area contributed by atoms with Crippen molar-refractivity contribution >= 4 is 21.9 Å². The van der Waals surface area contributed by atoms with Gasteiger partial charge in [-0.15, -0.1) is 0 Å². The number of carbonyl (C=O) groups excluding carboxylic acids is 1. The number of halogens is 1. The number of hydrogen-bond acceptors (Lipinski definition) is 3. The zero-order valence-electron chi connectivity index (χ0n) is 8.87.